The van der Waals surface area contributed by atoms with Crippen LogP contribution in [0.25, 0.3) is 11.4 Å². The lowest BCUT2D eigenvalue weighted by Gasteiger charge is -2.25. The molecule has 0 aliphatic heterocycles. The summed E-state index contributed by atoms with van der Waals surface area (Å²) in [5.41, 5.74) is 0.981. The van der Waals surface area contributed by atoms with Gasteiger partial charge in [-0.25, -0.2) is 4.98 Å². The van der Waals surface area contributed by atoms with E-state index in [2.05, 4.69) is 15.3 Å². The first-order valence-electron chi connectivity index (χ1n) is 8.14. The maximum Gasteiger partial charge on any atom is 0.271 e. The van der Waals surface area contributed by atoms with E-state index >= 15 is 0 Å². The van der Waals surface area contributed by atoms with Crippen molar-refractivity contribution in [3.63, 3.8) is 0 Å². The van der Waals surface area contributed by atoms with E-state index < -0.39 is 5.60 Å². The van der Waals surface area contributed by atoms with Crippen LogP contribution < -0.4 is 10.1 Å². The number of methoxy groups -OCH3 is 1. The van der Waals surface area contributed by atoms with E-state index in [0.717, 1.165) is 11.3 Å². The first-order valence-corrected chi connectivity index (χ1v) is 8.14. The number of aryl methyl sites for hydroxylation is 1. The number of hydrogen-bond acceptors (Lipinski definition) is 4. The fourth-order valence-electron chi connectivity index (χ4n) is 2.42. The Morgan fingerprint density at radius 3 is 2.71 bits per heavy atom. The second-order valence-corrected chi connectivity index (χ2v) is 5.91. The Kier molecular flexibility index (Phi) is 5.62. The maximum atomic E-state index is 12.4. The van der Waals surface area contributed by atoms with E-state index in [9.17, 15) is 9.90 Å². The molecule has 0 spiro atoms. The van der Waals surface area contributed by atoms with Crippen molar-refractivity contribution in [2.75, 3.05) is 13.7 Å². The van der Waals surface area contributed by atoms with Gasteiger partial charge in [0.2, 0.25) is 0 Å². The summed E-state index contributed by atoms with van der Waals surface area (Å²) in [6.45, 7) is 5.81. The topological polar surface area (TPSA) is 87.2 Å². The molecule has 6 heteroatoms. The van der Waals surface area contributed by atoms with E-state index in [4.69, 9.17) is 4.74 Å². The van der Waals surface area contributed by atoms with Gasteiger partial charge in [0.25, 0.3) is 5.91 Å². The van der Waals surface area contributed by atoms with E-state index in [1.165, 1.54) is 0 Å². The first-order chi connectivity index (χ1) is 11.4. The molecule has 0 fully saturated rings. The molecule has 1 aromatic carbocycles. The van der Waals surface area contributed by atoms with E-state index in [1.807, 2.05) is 38.1 Å². The standard InChI is InChI=1S/C18H25N3O3/c1-5-18(23,6-2)11-19-17(22)15-12(3)20-16(21-15)13-8-7-9-14(10-13)24-4/h7-10,23H,5-6,11H2,1-4H3,(H,19,22)(H,20,21). The van der Waals surface area contributed by atoms with Crippen LogP contribution >= 0.6 is 0 Å². The average Bonchev–Trinajstić information content (AvgIpc) is 3.01. The minimum absolute atomic E-state index is 0.208. The minimum Gasteiger partial charge on any atom is -0.497 e. The lowest BCUT2D eigenvalue weighted by molar-refractivity contribution is 0.0313. The van der Waals surface area contributed by atoms with Crippen LogP contribution in [0.1, 0.15) is 42.9 Å². The molecule has 0 aliphatic rings. The van der Waals surface area contributed by atoms with Gasteiger partial charge in [-0.15, -0.1) is 0 Å². The number of nitrogens with zero attached hydrogens (tertiary/aromatic N) is 1. The molecule has 2 rings (SSSR count). The predicted octanol–water partition coefficient (Wildman–Crippen LogP) is 2.67. The summed E-state index contributed by atoms with van der Waals surface area (Å²) in [6.07, 6.45) is 1.16. The fourth-order valence-corrected chi connectivity index (χ4v) is 2.42. The average molecular weight is 331 g/mol. The van der Waals surface area contributed by atoms with Crippen LogP contribution in [0.2, 0.25) is 0 Å². The Balaban J connectivity index is 2.17. The van der Waals surface area contributed by atoms with E-state index in [1.54, 1.807) is 14.0 Å². The molecule has 1 amide bonds. The highest BCUT2D eigenvalue weighted by Crippen LogP contribution is 2.22. The monoisotopic (exact) mass is 331 g/mol. The number of benzene rings is 1. The lowest BCUT2D eigenvalue weighted by atomic mass is 9.97. The Hall–Kier alpha value is -2.34. The lowest BCUT2D eigenvalue weighted by Crippen LogP contribution is -2.42. The second kappa shape index (κ2) is 7.49. The summed E-state index contributed by atoms with van der Waals surface area (Å²) in [4.78, 5) is 19.9. The molecule has 0 saturated heterocycles. The van der Waals surface area contributed by atoms with E-state index in [-0.39, 0.29) is 12.5 Å². The zero-order chi connectivity index (χ0) is 17.7. The number of ether oxygens (including phenoxy) is 1. The number of aromatic nitrogens is 2. The SMILES string of the molecule is CCC(O)(CC)CNC(=O)c1nc(-c2cccc(OC)c2)[nH]c1C. The number of rotatable bonds is 7. The largest absolute Gasteiger partial charge is 0.497 e. The van der Waals surface area contributed by atoms with Gasteiger partial charge in [-0.05, 0) is 31.9 Å². The zero-order valence-corrected chi connectivity index (χ0v) is 14.6. The summed E-state index contributed by atoms with van der Waals surface area (Å²) in [5, 5.41) is 13.1. The maximum absolute atomic E-state index is 12.4. The van der Waals surface area contributed by atoms with Crippen LogP contribution in [0.15, 0.2) is 24.3 Å². The number of nitrogens with one attached hydrogen (secondary N) is 2. The van der Waals surface area contributed by atoms with Gasteiger partial charge in [0, 0.05) is 17.8 Å². The van der Waals surface area contributed by atoms with Gasteiger partial charge in [-0.2, -0.15) is 0 Å². The number of imidazole rings is 1. The highest BCUT2D eigenvalue weighted by atomic mass is 16.5. The van der Waals surface area contributed by atoms with Crippen LogP contribution in [-0.4, -0.2) is 40.2 Å². The van der Waals surface area contributed by atoms with Gasteiger partial charge < -0.3 is 20.1 Å². The molecular formula is C18H25N3O3. The van der Waals surface area contributed by atoms with Crippen LogP contribution in [0.5, 0.6) is 5.75 Å². The Morgan fingerprint density at radius 2 is 2.08 bits per heavy atom. The molecule has 3 N–H and O–H groups in total. The first kappa shape index (κ1) is 18.0. The van der Waals surface area contributed by atoms with Crippen molar-refractivity contribution < 1.29 is 14.6 Å². The minimum atomic E-state index is -0.879. The Morgan fingerprint density at radius 1 is 1.38 bits per heavy atom. The van der Waals surface area contributed by atoms with Gasteiger partial charge >= 0.3 is 0 Å². The molecule has 0 aliphatic carbocycles. The summed E-state index contributed by atoms with van der Waals surface area (Å²) in [6, 6.07) is 7.47. The molecule has 1 heterocycles. The molecule has 0 unspecified atom stereocenters. The summed E-state index contributed by atoms with van der Waals surface area (Å²) >= 11 is 0. The van der Waals surface area contributed by atoms with E-state index in [0.29, 0.717) is 30.1 Å². The van der Waals surface area contributed by atoms with Crippen LogP contribution in [0, 0.1) is 6.92 Å². The van der Waals surface area contributed by atoms with Gasteiger partial charge in [0.1, 0.15) is 17.3 Å². The number of carbonyl (C=O) groups excluding carboxylic acids is 1. The third-order valence-electron chi connectivity index (χ3n) is 4.34. The number of H-pyrrole nitrogens is 1. The number of aliphatic hydroxyl groups is 1. The molecule has 6 nitrogen and oxygen atoms in total. The van der Waals surface area contributed by atoms with Crippen molar-refractivity contribution in [3.05, 3.63) is 35.7 Å². The van der Waals surface area contributed by atoms with Crippen molar-refractivity contribution in [3.8, 4) is 17.1 Å². The highest BCUT2D eigenvalue weighted by molar-refractivity contribution is 5.94. The number of carbonyl (C=O) groups is 1. The van der Waals surface area contributed by atoms with Crippen LogP contribution in [0.4, 0.5) is 0 Å². The number of hydrogen-bond donors (Lipinski definition) is 3. The van der Waals surface area contributed by atoms with Crippen LogP contribution in [0.3, 0.4) is 0 Å². The predicted molar refractivity (Wildman–Crippen MR) is 93.2 cm³/mol. The highest BCUT2D eigenvalue weighted by Gasteiger charge is 2.24. The molecule has 1 aromatic heterocycles. The van der Waals surface area contributed by atoms with Gasteiger partial charge in [-0.3, -0.25) is 4.79 Å². The molecule has 2 aromatic rings. The quantitative estimate of drug-likeness (QED) is 0.728. The Bertz CT molecular complexity index is 705. The zero-order valence-electron chi connectivity index (χ0n) is 14.6. The smallest absolute Gasteiger partial charge is 0.271 e. The molecule has 130 valence electrons. The summed E-state index contributed by atoms with van der Waals surface area (Å²) in [7, 11) is 1.61. The van der Waals surface area contributed by atoms with Crippen molar-refractivity contribution in [1.29, 1.82) is 0 Å². The fraction of sp³-hybridized carbons (Fsp3) is 0.444. The molecule has 0 saturated carbocycles. The molecule has 0 bridgehead atoms. The van der Waals surface area contributed by atoms with Crippen molar-refractivity contribution in [2.45, 2.75) is 39.2 Å². The van der Waals surface area contributed by atoms with Crippen LogP contribution in [-0.2, 0) is 0 Å². The summed E-state index contributed by atoms with van der Waals surface area (Å²) < 4.78 is 5.21. The third-order valence-corrected chi connectivity index (χ3v) is 4.34. The van der Waals surface area contributed by atoms with Crippen molar-refractivity contribution in [1.82, 2.24) is 15.3 Å². The molecule has 24 heavy (non-hydrogen) atoms. The third kappa shape index (κ3) is 3.94. The second-order valence-electron chi connectivity index (χ2n) is 5.91. The van der Waals surface area contributed by atoms with Gasteiger partial charge in [0.15, 0.2) is 0 Å². The van der Waals surface area contributed by atoms with Crippen molar-refractivity contribution >= 4 is 5.91 Å². The van der Waals surface area contributed by atoms with Gasteiger partial charge in [-0.1, -0.05) is 26.0 Å². The van der Waals surface area contributed by atoms with Gasteiger partial charge in [0.05, 0.1) is 12.7 Å². The van der Waals surface area contributed by atoms with Crippen molar-refractivity contribution in [2.24, 2.45) is 0 Å². The number of aromatic amines is 1. The Labute approximate surface area is 142 Å². The molecule has 0 radical (unpaired) electrons. The number of amides is 1. The summed E-state index contributed by atoms with van der Waals surface area (Å²) in [5.74, 6) is 1.04. The molecular weight excluding hydrogens is 306 g/mol. The normalized spacial score (nSPS) is 11.4. The molecule has 0 atom stereocenters.